The van der Waals surface area contributed by atoms with E-state index >= 15 is 0 Å². The molecule has 0 saturated heterocycles. The zero-order valence-corrected chi connectivity index (χ0v) is 12.8. The second-order valence-electron chi connectivity index (χ2n) is 4.60. The Kier molecular flexibility index (Phi) is 5.11. The van der Waals surface area contributed by atoms with Gasteiger partial charge in [0, 0.05) is 11.4 Å². The molecule has 2 rings (SSSR count). The minimum atomic E-state index is -0.556. The molecule has 0 aliphatic carbocycles. The quantitative estimate of drug-likeness (QED) is 0.659. The highest BCUT2D eigenvalue weighted by atomic mass is 32.1. The number of thiophene rings is 1. The first-order valence-corrected chi connectivity index (χ1v) is 7.43. The van der Waals surface area contributed by atoms with E-state index in [0.717, 1.165) is 16.2 Å². The second-order valence-corrected chi connectivity index (χ2v) is 5.88. The fourth-order valence-corrected chi connectivity index (χ4v) is 2.70. The number of carbonyl (C=O) groups excluding carboxylic acids is 2. The van der Waals surface area contributed by atoms with Crippen LogP contribution < -0.4 is 10.1 Å². The lowest BCUT2D eigenvalue weighted by Gasteiger charge is -2.05. The van der Waals surface area contributed by atoms with E-state index in [4.69, 9.17) is 4.74 Å². The summed E-state index contributed by atoms with van der Waals surface area (Å²) in [5.41, 5.74) is 1.05. The largest absolute Gasteiger partial charge is 0.497 e. The Morgan fingerprint density at radius 1 is 1.24 bits per heavy atom. The summed E-state index contributed by atoms with van der Waals surface area (Å²) in [6.45, 7) is 2.32. The maximum Gasteiger partial charge on any atom is 0.293 e. The van der Waals surface area contributed by atoms with E-state index in [0.29, 0.717) is 17.8 Å². The predicted octanol–water partition coefficient (Wildman–Crippen LogP) is 2.61. The van der Waals surface area contributed by atoms with Gasteiger partial charge >= 0.3 is 0 Å². The molecule has 1 N–H and O–H groups in total. The average molecular weight is 303 g/mol. The van der Waals surface area contributed by atoms with Crippen LogP contribution in [0.3, 0.4) is 0 Å². The number of hydrogen-bond donors (Lipinski definition) is 1. The molecular weight excluding hydrogens is 286 g/mol. The first-order chi connectivity index (χ1) is 10.1. The lowest BCUT2D eigenvalue weighted by atomic mass is 10.1. The molecule has 0 saturated carbocycles. The highest BCUT2D eigenvalue weighted by Gasteiger charge is 2.17. The summed E-state index contributed by atoms with van der Waals surface area (Å²) in [4.78, 5) is 25.2. The van der Waals surface area contributed by atoms with Crippen LogP contribution in [-0.2, 0) is 11.2 Å². The predicted molar refractivity (Wildman–Crippen MR) is 83.1 cm³/mol. The summed E-state index contributed by atoms with van der Waals surface area (Å²) in [5.74, 6) is -0.248. The number of carbonyl (C=O) groups is 2. The molecule has 0 spiro atoms. The molecule has 0 unspecified atom stereocenters. The van der Waals surface area contributed by atoms with Gasteiger partial charge in [-0.3, -0.25) is 9.59 Å². The van der Waals surface area contributed by atoms with Gasteiger partial charge in [-0.2, -0.15) is 0 Å². The van der Waals surface area contributed by atoms with Crippen LogP contribution in [0.15, 0.2) is 36.4 Å². The van der Waals surface area contributed by atoms with Crippen molar-refractivity contribution >= 4 is 23.0 Å². The van der Waals surface area contributed by atoms with E-state index in [1.807, 2.05) is 37.3 Å². The fraction of sp³-hybridized carbons (Fsp3) is 0.250. The number of hydrogen-bond acceptors (Lipinski definition) is 4. The van der Waals surface area contributed by atoms with Crippen LogP contribution in [0, 0.1) is 6.92 Å². The number of aryl methyl sites for hydroxylation is 1. The molecule has 1 heterocycles. The van der Waals surface area contributed by atoms with Crippen LogP contribution in [0.2, 0.25) is 0 Å². The number of benzene rings is 1. The Balaban J connectivity index is 1.85. The van der Waals surface area contributed by atoms with E-state index in [1.54, 1.807) is 13.2 Å². The minimum Gasteiger partial charge on any atom is -0.497 e. The van der Waals surface area contributed by atoms with Crippen LogP contribution in [0.4, 0.5) is 0 Å². The molecule has 0 radical (unpaired) electrons. The molecule has 0 aliphatic heterocycles. The van der Waals surface area contributed by atoms with Gasteiger partial charge in [0.25, 0.3) is 11.7 Å². The van der Waals surface area contributed by atoms with Crippen LogP contribution in [-0.4, -0.2) is 25.3 Å². The van der Waals surface area contributed by atoms with Crippen molar-refractivity contribution in [3.05, 3.63) is 51.7 Å². The number of Topliss-reactive ketones (excluding diaryl/α,β-unsaturated/α-hetero) is 1. The molecule has 0 bridgehead atoms. The van der Waals surface area contributed by atoms with Crippen molar-refractivity contribution in [2.45, 2.75) is 13.3 Å². The van der Waals surface area contributed by atoms with E-state index in [1.165, 1.54) is 11.3 Å². The molecule has 1 aromatic carbocycles. The summed E-state index contributed by atoms with van der Waals surface area (Å²) < 4.78 is 5.14. The van der Waals surface area contributed by atoms with E-state index in [9.17, 15) is 9.59 Å². The molecule has 110 valence electrons. The number of methoxy groups -OCH3 is 1. The zero-order valence-electron chi connectivity index (χ0n) is 12.0. The molecule has 0 atom stereocenters. The first kappa shape index (κ1) is 15.3. The molecular formula is C16H17NO3S. The van der Waals surface area contributed by atoms with Gasteiger partial charge in [0.15, 0.2) is 0 Å². The summed E-state index contributed by atoms with van der Waals surface area (Å²) in [5, 5.41) is 2.65. The molecule has 1 aromatic heterocycles. The van der Waals surface area contributed by atoms with Crippen LogP contribution in [0.1, 0.15) is 20.1 Å². The topological polar surface area (TPSA) is 55.4 Å². The van der Waals surface area contributed by atoms with Crippen molar-refractivity contribution in [1.29, 1.82) is 0 Å². The van der Waals surface area contributed by atoms with E-state index in [-0.39, 0.29) is 0 Å². The Hall–Kier alpha value is -2.14. The Morgan fingerprint density at radius 3 is 2.71 bits per heavy atom. The van der Waals surface area contributed by atoms with Gasteiger partial charge in [-0.25, -0.2) is 0 Å². The van der Waals surface area contributed by atoms with Crippen molar-refractivity contribution < 1.29 is 14.3 Å². The summed E-state index contributed by atoms with van der Waals surface area (Å²) >= 11 is 1.33. The van der Waals surface area contributed by atoms with Crippen LogP contribution >= 0.6 is 11.3 Å². The van der Waals surface area contributed by atoms with E-state index in [2.05, 4.69) is 5.32 Å². The van der Waals surface area contributed by atoms with Gasteiger partial charge in [0.1, 0.15) is 5.75 Å². The third-order valence-corrected chi connectivity index (χ3v) is 4.00. The molecule has 4 nitrogen and oxygen atoms in total. The number of nitrogens with one attached hydrogen (secondary N) is 1. The number of amides is 1. The molecule has 2 aromatic rings. The second kappa shape index (κ2) is 7.04. The standard InChI is InChI=1S/C16H17NO3S/c1-11-6-7-14(21-11)15(18)16(19)17-9-8-12-4-3-5-13(10-12)20-2/h3-7,10H,8-9H2,1-2H3,(H,17,19). The van der Waals surface area contributed by atoms with Crippen molar-refractivity contribution in [2.75, 3.05) is 13.7 Å². The normalized spacial score (nSPS) is 10.2. The summed E-state index contributed by atoms with van der Waals surface area (Å²) in [6.07, 6.45) is 0.652. The van der Waals surface area contributed by atoms with Crippen LogP contribution in [0.5, 0.6) is 5.75 Å². The fourth-order valence-electron chi connectivity index (χ4n) is 1.90. The molecule has 0 aliphatic rings. The van der Waals surface area contributed by atoms with Gasteiger partial charge in [0.05, 0.1) is 12.0 Å². The maximum absolute atomic E-state index is 11.9. The highest BCUT2D eigenvalue weighted by Crippen LogP contribution is 2.15. The molecule has 21 heavy (non-hydrogen) atoms. The van der Waals surface area contributed by atoms with Crippen molar-refractivity contribution in [3.8, 4) is 5.75 Å². The SMILES string of the molecule is COc1cccc(CCNC(=O)C(=O)c2ccc(C)s2)c1. The van der Waals surface area contributed by atoms with Crippen molar-refractivity contribution in [3.63, 3.8) is 0 Å². The zero-order chi connectivity index (χ0) is 15.2. The van der Waals surface area contributed by atoms with Crippen molar-refractivity contribution in [1.82, 2.24) is 5.32 Å². The van der Waals surface area contributed by atoms with Gasteiger partial charge < -0.3 is 10.1 Å². The van der Waals surface area contributed by atoms with Gasteiger partial charge in [-0.1, -0.05) is 12.1 Å². The van der Waals surface area contributed by atoms with Crippen molar-refractivity contribution in [2.24, 2.45) is 0 Å². The lowest BCUT2D eigenvalue weighted by Crippen LogP contribution is -2.32. The van der Waals surface area contributed by atoms with Crippen LogP contribution in [0.25, 0.3) is 0 Å². The number of rotatable bonds is 6. The lowest BCUT2D eigenvalue weighted by molar-refractivity contribution is -0.116. The summed E-state index contributed by atoms with van der Waals surface area (Å²) in [7, 11) is 1.61. The summed E-state index contributed by atoms with van der Waals surface area (Å²) in [6, 6.07) is 11.2. The number of ketones is 1. The average Bonchev–Trinajstić information content (AvgIpc) is 2.93. The molecule has 1 amide bonds. The first-order valence-electron chi connectivity index (χ1n) is 6.62. The van der Waals surface area contributed by atoms with E-state index < -0.39 is 11.7 Å². The Labute approximate surface area is 127 Å². The van der Waals surface area contributed by atoms with Gasteiger partial charge in [0.2, 0.25) is 0 Å². The van der Waals surface area contributed by atoms with Gasteiger partial charge in [-0.15, -0.1) is 11.3 Å². The molecule has 0 fully saturated rings. The molecule has 5 heteroatoms. The highest BCUT2D eigenvalue weighted by molar-refractivity contribution is 7.14. The third kappa shape index (κ3) is 4.16. The minimum absolute atomic E-state index is 0.419. The maximum atomic E-state index is 11.9. The Bertz CT molecular complexity index is 648. The third-order valence-electron chi connectivity index (χ3n) is 3.00. The number of ether oxygens (including phenoxy) is 1. The monoisotopic (exact) mass is 303 g/mol. The smallest absolute Gasteiger partial charge is 0.293 e. The Morgan fingerprint density at radius 2 is 2.05 bits per heavy atom. The van der Waals surface area contributed by atoms with Gasteiger partial charge in [-0.05, 0) is 43.2 Å².